The molecule has 4 rings (SSSR count). The predicted octanol–water partition coefficient (Wildman–Crippen LogP) is 4.19. The van der Waals surface area contributed by atoms with Gasteiger partial charge < -0.3 is 9.84 Å². The summed E-state index contributed by atoms with van der Waals surface area (Å²) in [7, 11) is 0. The molecule has 4 nitrogen and oxygen atoms in total. The van der Waals surface area contributed by atoms with Gasteiger partial charge in [0.25, 0.3) is 0 Å². The van der Waals surface area contributed by atoms with E-state index in [1.165, 1.54) is 43.2 Å². The van der Waals surface area contributed by atoms with E-state index in [2.05, 4.69) is 34.7 Å². The van der Waals surface area contributed by atoms with E-state index in [-0.39, 0.29) is 5.41 Å². The normalized spacial score (nSPS) is 21.5. The van der Waals surface area contributed by atoms with E-state index >= 15 is 0 Å². The Morgan fingerprint density at radius 3 is 2.77 bits per heavy atom. The molecule has 0 amide bonds. The number of benzene rings is 1. The molecule has 0 radical (unpaired) electrons. The number of amidine groups is 1. The quantitative estimate of drug-likeness (QED) is 0.903. The summed E-state index contributed by atoms with van der Waals surface area (Å²) in [4.78, 5) is 4.93. The second kappa shape index (κ2) is 5.59. The van der Waals surface area contributed by atoms with Gasteiger partial charge in [-0.05, 0) is 24.8 Å². The molecule has 2 aromatic rings. The summed E-state index contributed by atoms with van der Waals surface area (Å²) < 4.78 is 5.33. The first-order chi connectivity index (χ1) is 10.9. The van der Waals surface area contributed by atoms with Gasteiger partial charge in [-0.3, -0.25) is 4.99 Å². The molecular formula is C18H21N3O. The maximum absolute atomic E-state index is 5.33. The number of fused-ring (bicyclic) bond motifs is 1. The fraction of sp³-hybridized carbons (Fsp3) is 0.444. The van der Waals surface area contributed by atoms with E-state index in [0.29, 0.717) is 6.54 Å². The van der Waals surface area contributed by atoms with Crippen LogP contribution in [0.1, 0.15) is 43.2 Å². The Hall–Kier alpha value is -2.10. The SMILES string of the molecule is c1ccc(CN=C2Nc3oncc3CC23CCCCC3)cc1. The second-order valence-electron chi connectivity index (χ2n) is 6.47. The second-order valence-corrected chi connectivity index (χ2v) is 6.47. The Balaban J connectivity index is 1.65. The van der Waals surface area contributed by atoms with Crippen LogP contribution in [0.4, 0.5) is 5.88 Å². The molecule has 2 aliphatic rings. The zero-order valence-electron chi connectivity index (χ0n) is 12.7. The summed E-state index contributed by atoms with van der Waals surface area (Å²) in [6.07, 6.45) is 9.18. The standard InChI is InChI=1S/C18H21N3O/c1-3-7-14(8-4-1)12-19-17-18(9-5-2-6-10-18)11-15-13-20-22-16(15)21-17/h1,3-4,7-8,13H,2,5-6,9-12H2,(H,19,21). The molecule has 1 aliphatic heterocycles. The van der Waals surface area contributed by atoms with Crippen LogP contribution in [-0.4, -0.2) is 11.0 Å². The number of aromatic nitrogens is 1. The van der Waals surface area contributed by atoms with Gasteiger partial charge in [0.1, 0.15) is 5.84 Å². The zero-order chi connectivity index (χ0) is 14.8. The van der Waals surface area contributed by atoms with Crippen molar-refractivity contribution in [3.05, 3.63) is 47.7 Å². The highest BCUT2D eigenvalue weighted by atomic mass is 16.5. The third-order valence-corrected chi connectivity index (χ3v) is 4.98. The molecule has 0 atom stereocenters. The first-order valence-corrected chi connectivity index (χ1v) is 8.15. The van der Waals surface area contributed by atoms with Gasteiger partial charge in [-0.1, -0.05) is 54.8 Å². The molecule has 0 saturated heterocycles. The molecule has 1 aromatic heterocycles. The molecule has 1 saturated carbocycles. The van der Waals surface area contributed by atoms with Crippen molar-refractivity contribution in [3.63, 3.8) is 0 Å². The van der Waals surface area contributed by atoms with E-state index < -0.39 is 0 Å². The molecule has 1 spiro atoms. The van der Waals surface area contributed by atoms with Crippen LogP contribution in [0.25, 0.3) is 0 Å². The average Bonchev–Trinajstić information content (AvgIpc) is 3.01. The molecule has 4 heteroatoms. The van der Waals surface area contributed by atoms with E-state index in [9.17, 15) is 0 Å². The number of anilines is 1. The van der Waals surface area contributed by atoms with Crippen molar-refractivity contribution >= 4 is 11.7 Å². The van der Waals surface area contributed by atoms with Crippen molar-refractivity contribution in [3.8, 4) is 0 Å². The van der Waals surface area contributed by atoms with Crippen molar-refractivity contribution < 1.29 is 4.52 Å². The number of hydrogen-bond acceptors (Lipinski definition) is 3. The number of nitrogens with zero attached hydrogens (tertiary/aromatic N) is 2. The topological polar surface area (TPSA) is 50.4 Å². The Labute approximate surface area is 130 Å². The number of hydrogen-bond donors (Lipinski definition) is 1. The zero-order valence-corrected chi connectivity index (χ0v) is 12.7. The minimum absolute atomic E-state index is 0.158. The Bertz CT molecular complexity index is 669. The van der Waals surface area contributed by atoms with Crippen LogP contribution in [0.15, 0.2) is 46.0 Å². The van der Waals surface area contributed by atoms with Crippen molar-refractivity contribution in [2.75, 3.05) is 5.32 Å². The van der Waals surface area contributed by atoms with Crippen LogP contribution >= 0.6 is 0 Å². The van der Waals surface area contributed by atoms with Crippen molar-refractivity contribution in [2.45, 2.75) is 45.1 Å². The average molecular weight is 295 g/mol. The first-order valence-electron chi connectivity index (χ1n) is 8.15. The largest absolute Gasteiger partial charge is 0.338 e. The van der Waals surface area contributed by atoms with Crippen LogP contribution in [0.5, 0.6) is 0 Å². The minimum atomic E-state index is 0.158. The molecule has 0 bridgehead atoms. The summed E-state index contributed by atoms with van der Waals surface area (Å²) in [5.41, 5.74) is 2.60. The van der Waals surface area contributed by atoms with Crippen LogP contribution in [-0.2, 0) is 13.0 Å². The van der Waals surface area contributed by atoms with Gasteiger partial charge in [-0.2, -0.15) is 0 Å². The monoisotopic (exact) mass is 295 g/mol. The van der Waals surface area contributed by atoms with Crippen LogP contribution < -0.4 is 5.32 Å². The van der Waals surface area contributed by atoms with Gasteiger partial charge in [-0.15, -0.1) is 0 Å². The molecule has 0 unspecified atom stereocenters. The number of aliphatic imine (C=N–C) groups is 1. The van der Waals surface area contributed by atoms with Gasteiger partial charge in [0.05, 0.1) is 12.7 Å². The molecule has 1 aromatic carbocycles. The van der Waals surface area contributed by atoms with Crippen LogP contribution in [0.3, 0.4) is 0 Å². The van der Waals surface area contributed by atoms with Gasteiger partial charge in [0, 0.05) is 11.0 Å². The minimum Gasteiger partial charge on any atom is -0.338 e. The summed E-state index contributed by atoms with van der Waals surface area (Å²) in [5.74, 6) is 1.88. The van der Waals surface area contributed by atoms with Gasteiger partial charge in [0.2, 0.25) is 5.88 Å². The van der Waals surface area contributed by atoms with Crippen LogP contribution in [0.2, 0.25) is 0 Å². The number of nitrogens with one attached hydrogen (secondary N) is 1. The van der Waals surface area contributed by atoms with Crippen LogP contribution in [0, 0.1) is 5.41 Å². The lowest BCUT2D eigenvalue weighted by Crippen LogP contribution is -2.43. The van der Waals surface area contributed by atoms with Crippen molar-refractivity contribution in [1.82, 2.24) is 5.16 Å². The lowest BCUT2D eigenvalue weighted by Gasteiger charge is -2.40. The molecule has 2 heterocycles. The Kier molecular flexibility index (Phi) is 3.45. The van der Waals surface area contributed by atoms with E-state index in [1.54, 1.807) is 0 Å². The maximum Gasteiger partial charge on any atom is 0.233 e. The highest BCUT2D eigenvalue weighted by Gasteiger charge is 2.42. The van der Waals surface area contributed by atoms with Gasteiger partial charge >= 0.3 is 0 Å². The van der Waals surface area contributed by atoms with Crippen molar-refractivity contribution in [2.24, 2.45) is 10.4 Å². The maximum atomic E-state index is 5.33. The number of rotatable bonds is 2. The lowest BCUT2D eigenvalue weighted by molar-refractivity contribution is 0.276. The summed E-state index contributed by atoms with van der Waals surface area (Å²) >= 11 is 0. The summed E-state index contributed by atoms with van der Waals surface area (Å²) in [5, 5.41) is 7.37. The fourth-order valence-corrected chi connectivity index (χ4v) is 3.78. The molecule has 1 aliphatic carbocycles. The molecular weight excluding hydrogens is 274 g/mol. The molecule has 1 N–H and O–H groups in total. The van der Waals surface area contributed by atoms with Crippen molar-refractivity contribution in [1.29, 1.82) is 0 Å². The van der Waals surface area contributed by atoms with E-state index in [0.717, 1.165) is 18.1 Å². The third kappa shape index (κ3) is 2.43. The molecule has 1 fully saturated rings. The highest BCUT2D eigenvalue weighted by Crippen LogP contribution is 2.45. The predicted molar refractivity (Wildman–Crippen MR) is 86.9 cm³/mol. The smallest absolute Gasteiger partial charge is 0.233 e. The van der Waals surface area contributed by atoms with Gasteiger partial charge in [-0.25, -0.2) is 0 Å². The van der Waals surface area contributed by atoms with E-state index in [4.69, 9.17) is 9.52 Å². The molecule has 114 valence electrons. The summed E-state index contributed by atoms with van der Waals surface area (Å²) in [6, 6.07) is 10.4. The van der Waals surface area contributed by atoms with Gasteiger partial charge in [0.15, 0.2) is 0 Å². The Morgan fingerprint density at radius 2 is 1.95 bits per heavy atom. The third-order valence-electron chi connectivity index (χ3n) is 4.98. The molecule has 22 heavy (non-hydrogen) atoms. The van der Waals surface area contributed by atoms with E-state index in [1.807, 2.05) is 12.3 Å². The fourth-order valence-electron chi connectivity index (χ4n) is 3.78. The highest BCUT2D eigenvalue weighted by molar-refractivity contribution is 6.01. The lowest BCUT2D eigenvalue weighted by atomic mass is 9.68. The first kappa shape index (κ1) is 13.6. The summed E-state index contributed by atoms with van der Waals surface area (Å²) in [6.45, 7) is 0.717. The Morgan fingerprint density at radius 1 is 1.14 bits per heavy atom.